The van der Waals surface area contributed by atoms with E-state index in [9.17, 15) is 14.7 Å². The van der Waals surface area contributed by atoms with Gasteiger partial charge in [0, 0.05) is 12.6 Å². The number of carboxylic acids is 1. The van der Waals surface area contributed by atoms with E-state index in [0.717, 1.165) is 45.1 Å². The molecule has 0 radical (unpaired) electrons. The lowest BCUT2D eigenvalue weighted by Gasteiger charge is -2.35. The first-order valence-corrected chi connectivity index (χ1v) is 7.89. The summed E-state index contributed by atoms with van der Waals surface area (Å²) in [6, 6.07) is -0.556. The Morgan fingerprint density at radius 2 is 1.95 bits per heavy atom. The predicted molar refractivity (Wildman–Crippen MR) is 78.1 cm³/mol. The highest BCUT2D eigenvalue weighted by Crippen LogP contribution is 2.24. The highest BCUT2D eigenvalue weighted by molar-refractivity contribution is 5.77. The largest absolute Gasteiger partial charge is 0.481 e. The van der Waals surface area contributed by atoms with Crippen molar-refractivity contribution >= 4 is 12.0 Å². The second-order valence-corrected chi connectivity index (χ2v) is 6.50. The van der Waals surface area contributed by atoms with Gasteiger partial charge < -0.3 is 20.5 Å². The average molecular weight is 298 g/mol. The molecule has 1 aliphatic carbocycles. The summed E-state index contributed by atoms with van der Waals surface area (Å²) in [4.78, 5) is 23.6. The molecule has 0 spiro atoms. The Labute approximate surface area is 125 Å². The number of hydrogen-bond acceptors (Lipinski definition) is 3. The first-order valence-electron chi connectivity index (χ1n) is 7.89. The predicted octanol–water partition coefficient (Wildman–Crippen LogP) is 1.89. The Morgan fingerprint density at radius 3 is 2.62 bits per heavy atom. The molecule has 6 nitrogen and oxygen atoms in total. The van der Waals surface area contributed by atoms with E-state index in [-0.39, 0.29) is 17.6 Å². The molecule has 2 aliphatic rings. The summed E-state index contributed by atoms with van der Waals surface area (Å²) in [7, 11) is 0. The van der Waals surface area contributed by atoms with Gasteiger partial charge in [-0.25, -0.2) is 4.79 Å². The van der Waals surface area contributed by atoms with Crippen LogP contribution in [0.3, 0.4) is 0 Å². The molecular weight excluding hydrogens is 272 g/mol. The van der Waals surface area contributed by atoms with Crippen molar-refractivity contribution in [3.63, 3.8) is 0 Å². The van der Waals surface area contributed by atoms with Crippen LogP contribution in [-0.2, 0) is 9.53 Å². The molecule has 120 valence electrons. The van der Waals surface area contributed by atoms with E-state index < -0.39 is 11.9 Å². The fraction of sp³-hybridized carbons (Fsp3) is 0.867. The number of hydrogen-bond donors (Lipinski definition) is 3. The van der Waals surface area contributed by atoms with Gasteiger partial charge >= 0.3 is 12.0 Å². The third kappa shape index (κ3) is 4.59. The van der Waals surface area contributed by atoms with Crippen LogP contribution in [0.2, 0.25) is 0 Å². The number of carbonyl (C=O) groups excluding carboxylic acids is 1. The quantitative estimate of drug-likeness (QED) is 0.694. The maximum atomic E-state index is 12.2. The number of urea groups is 1. The van der Waals surface area contributed by atoms with E-state index in [1.165, 1.54) is 0 Å². The second-order valence-electron chi connectivity index (χ2n) is 6.50. The van der Waals surface area contributed by atoms with E-state index in [1.807, 2.05) is 6.92 Å². The van der Waals surface area contributed by atoms with E-state index in [1.54, 1.807) is 0 Å². The molecule has 2 rings (SSSR count). The van der Waals surface area contributed by atoms with E-state index >= 15 is 0 Å². The van der Waals surface area contributed by atoms with Crippen LogP contribution in [0.15, 0.2) is 0 Å². The Balaban J connectivity index is 1.91. The molecule has 1 aliphatic heterocycles. The molecule has 1 saturated heterocycles. The summed E-state index contributed by atoms with van der Waals surface area (Å²) in [6.07, 6.45) is 6.11. The maximum Gasteiger partial charge on any atom is 0.315 e. The minimum absolute atomic E-state index is 0.277. The van der Waals surface area contributed by atoms with Crippen molar-refractivity contribution in [2.75, 3.05) is 13.2 Å². The molecule has 0 aromatic heterocycles. The van der Waals surface area contributed by atoms with Crippen LogP contribution in [0.25, 0.3) is 0 Å². The molecule has 1 heterocycles. The van der Waals surface area contributed by atoms with E-state index in [4.69, 9.17) is 4.74 Å². The molecule has 0 bridgehead atoms. The third-order valence-electron chi connectivity index (χ3n) is 4.50. The highest BCUT2D eigenvalue weighted by atomic mass is 16.5. The SMILES string of the molecule is CC1(NC(=O)NC2CCCCCC2C(=O)O)CCCOC1. The monoisotopic (exact) mass is 298 g/mol. The summed E-state index contributed by atoms with van der Waals surface area (Å²) in [5, 5.41) is 15.2. The zero-order chi connectivity index (χ0) is 15.3. The van der Waals surface area contributed by atoms with Crippen LogP contribution in [0.5, 0.6) is 0 Å². The van der Waals surface area contributed by atoms with Crippen molar-refractivity contribution in [2.45, 2.75) is 63.5 Å². The van der Waals surface area contributed by atoms with Gasteiger partial charge in [0.1, 0.15) is 0 Å². The zero-order valence-electron chi connectivity index (χ0n) is 12.7. The number of carboxylic acid groups (broad SMARTS) is 1. The van der Waals surface area contributed by atoms with Gasteiger partial charge in [0.2, 0.25) is 0 Å². The van der Waals surface area contributed by atoms with Crippen LogP contribution >= 0.6 is 0 Å². The van der Waals surface area contributed by atoms with Crippen LogP contribution < -0.4 is 10.6 Å². The van der Waals surface area contributed by atoms with Gasteiger partial charge in [-0.15, -0.1) is 0 Å². The fourth-order valence-corrected chi connectivity index (χ4v) is 3.29. The van der Waals surface area contributed by atoms with Crippen molar-refractivity contribution < 1.29 is 19.4 Å². The van der Waals surface area contributed by atoms with Gasteiger partial charge in [-0.2, -0.15) is 0 Å². The molecule has 1 saturated carbocycles. The lowest BCUT2D eigenvalue weighted by Crippen LogP contribution is -2.57. The number of nitrogens with one attached hydrogen (secondary N) is 2. The van der Waals surface area contributed by atoms with Crippen molar-refractivity contribution in [1.29, 1.82) is 0 Å². The van der Waals surface area contributed by atoms with Gasteiger partial charge in [0.25, 0.3) is 0 Å². The lowest BCUT2D eigenvalue weighted by molar-refractivity contribution is -0.142. The molecule has 3 unspecified atom stereocenters. The minimum Gasteiger partial charge on any atom is -0.481 e. The molecule has 3 N–H and O–H groups in total. The van der Waals surface area contributed by atoms with E-state index in [0.29, 0.717) is 13.0 Å². The van der Waals surface area contributed by atoms with Gasteiger partial charge in [-0.3, -0.25) is 4.79 Å². The van der Waals surface area contributed by atoms with Crippen molar-refractivity contribution in [3.8, 4) is 0 Å². The summed E-state index contributed by atoms with van der Waals surface area (Å²) in [5.41, 5.74) is -0.355. The Kier molecular flexibility index (Phi) is 5.45. The molecule has 21 heavy (non-hydrogen) atoms. The first kappa shape index (κ1) is 16.1. The molecule has 6 heteroatoms. The number of amides is 2. The first-order chi connectivity index (χ1) is 10.0. The highest BCUT2D eigenvalue weighted by Gasteiger charge is 2.33. The number of rotatable bonds is 3. The van der Waals surface area contributed by atoms with Crippen molar-refractivity contribution in [2.24, 2.45) is 5.92 Å². The van der Waals surface area contributed by atoms with E-state index in [2.05, 4.69) is 10.6 Å². The Bertz CT molecular complexity index is 380. The van der Waals surface area contributed by atoms with Crippen LogP contribution in [0.1, 0.15) is 51.9 Å². The van der Waals surface area contributed by atoms with Gasteiger partial charge in [0.15, 0.2) is 0 Å². The summed E-state index contributed by atoms with van der Waals surface area (Å²) in [5.74, 6) is -1.29. The van der Waals surface area contributed by atoms with Crippen molar-refractivity contribution in [3.05, 3.63) is 0 Å². The van der Waals surface area contributed by atoms with Gasteiger partial charge in [0.05, 0.1) is 18.1 Å². The lowest BCUT2D eigenvalue weighted by atomic mass is 9.94. The molecule has 0 aromatic carbocycles. The van der Waals surface area contributed by atoms with Crippen LogP contribution in [0, 0.1) is 5.92 Å². The van der Waals surface area contributed by atoms with Crippen molar-refractivity contribution in [1.82, 2.24) is 10.6 Å². The normalized spacial score (nSPS) is 33.8. The fourth-order valence-electron chi connectivity index (χ4n) is 3.29. The molecular formula is C15H26N2O4. The zero-order valence-corrected chi connectivity index (χ0v) is 12.7. The minimum atomic E-state index is -0.811. The summed E-state index contributed by atoms with van der Waals surface area (Å²) in [6.45, 7) is 3.21. The van der Waals surface area contributed by atoms with Gasteiger partial charge in [-0.1, -0.05) is 19.3 Å². The molecule has 2 amide bonds. The second kappa shape index (κ2) is 7.11. The molecule has 3 atom stereocenters. The maximum absolute atomic E-state index is 12.2. The smallest absolute Gasteiger partial charge is 0.315 e. The number of ether oxygens (including phenoxy) is 1. The van der Waals surface area contributed by atoms with Crippen LogP contribution in [-0.4, -0.2) is 41.9 Å². The molecule has 2 fully saturated rings. The summed E-state index contributed by atoms with van der Waals surface area (Å²) < 4.78 is 5.42. The standard InChI is InChI=1S/C15H26N2O4/c1-15(8-5-9-21-10-15)17-14(20)16-12-7-4-2-3-6-11(12)13(18)19/h11-12H,2-10H2,1H3,(H,18,19)(H2,16,17,20). The molecule has 0 aromatic rings. The Morgan fingerprint density at radius 1 is 1.19 bits per heavy atom. The van der Waals surface area contributed by atoms with Crippen LogP contribution in [0.4, 0.5) is 4.79 Å². The third-order valence-corrected chi connectivity index (χ3v) is 4.50. The average Bonchev–Trinajstić information content (AvgIpc) is 2.64. The topological polar surface area (TPSA) is 87.7 Å². The van der Waals surface area contributed by atoms with Gasteiger partial charge in [-0.05, 0) is 32.6 Å². The number of carbonyl (C=O) groups is 2. The Hall–Kier alpha value is -1.30. The summed E-state index contributed by atoms with van der Waals surface area (Å²) >= 11 is 0. The number of aliphatic carboxylic acids is 1.